The Hall–Kier alpha value is -8.26. The molecular weight excluding hydrogens is 783 g/mol. The lowest BCUT2D eigenvalue weighted by atomic mass is 9.51. The van der Waals surface area contributed by atoms with Gasteiger partial charge in [-0.25, -0.2) is 0 Å². The Kier molecular flexibility index (Phi) is 8.41. The van der Waals surface area contributed by atoms with E-state index in [0.29, 0.717) is 0 Å². The molecule has 0 aliphatic heterocycles. The fraction of sp³-hybridized carbons (Fsp3) is 0.0312. The summed E-state index contributed by atoms with van der Waals surface area (Å²) >= 11 is 0. The van der Waals surface area contributed by atoms with Gasteiger partial charge in [0.25, 0.3) is 0 Å². The second-order valence-corrected chi connectivity index (χ2v) is 17.5. The van der Waals surface area contributed by atoms with Gasteiger partial charge in [-0.3, -0.25) is 0 Å². The Morgan fingerprint density at radius 1 is 0.262 bits per heavy atom. The van der Waals surface area contributed by atoms with E-state index in [2.05, 4.69) is 266 Å². The molecule has 0 N–H and O–H groups in total. The van der Waals surface area contributed by atoms with Gasteiger partial charge < -0.3 is 4.90 Å². The smallest absolute Gasteiger partial charge is 0.0720 e. The molecule has 0 radical (unpaired) electrons. The predicted molar refractivity (Wildman–Crippen MR) is 271 cm³/mol. The molecule has 0 heterocycles. The van der Waals surface area contributed by atoms with E-state index in [0.717, 1.165) is 17.1 Å². The first-order chi connectivity index (χ1) is 32.3. The van der Waals surface area contributed by atoms with Gasteiger partial charge in [-0.2, -0.15) is 0 Å². The number of benzene rings is 11. The summed E-state index contributed by atoms with van der Waals surface area (Å²) in [7, 11) is 0. The fourth-order valence-corrected chi connectivity index (χ4v) is 11.8. The van der Waals surface area contributed by atoms with Crippen LogP contribution in [-0.2, 0) is 10.8 Å². The lowest BCUT2D eigenvalue weighted by Crippen LogP contribution is -2.44. The monoisotopic (exact) mass is 825 g/mol. The van der Waals surface area contributed by atoms with Crippen molar-refractivity contribution in [2.24, 2.45) is 0 Å². The van der Waals surface area contributed by atoms with Crippen LogP contribution in [0, 0.1) is 0 Å². The molecule has 0 atom stereocenters. The highest BCUT2D eigenvalue weighted by atomic mass is 15.1. The molecule has 65 heavy (non-hydrogen) atoms. The van der Waals surface area contributed by atoms with E-state index in [9.17, 15) is 0 Å². The number of hydrogen-bond donors (Lipinski definition) is 0. The standard InChI is InChI=1S/C64H43N/c1-3-23-48(24-4-1)63(49-25-5-2-6-26-49)56-31-13-15-33-58(56)64(59-34-16-14-32-57(59)63)55-30-12-11-29-53(55)54-42-39-47(43-60(54)64)44-37-40-50(41-38-44)65(61-35-17-21-45-19-7-9-27-51(45)61)62-36-18-22-46-20-8-10-28-52(46)62/h1-43H. The molecule has 0 bridgehead atoms. The van der Waals surface area contributed by atoms with Crippen molar-refractivity contribution in [2.45, 2.75) is 10.8 Å². The van der Waals surface area contributed by atoms with Gasteiger partial charge in [0, 0.05) is 16.5 Å². The molecule has 1 nitrogen and oxygen atoms in total. The highest BCUT2D eigenvalue weighted by Crippen LogP contribution is 2.64. The molecule has 0 saturated heterocycles. The molecule has 11 aromatic rings. The van der Waals surface area contributed by atoms with Crippen molar-refractivity contribution in [3.8, 4) is 22.3 Å². The average Bonchev–Trinajstić information content (AvgIpc) is 3.67. The summed E-state index contributed by atoms with van der Waals surface area (Å²) in [6.45, 7) is 0. The van der Waals surface area contributed by atoms with E-state index in [1.807, 2.05) is 0 Å². The Morgan fingerprint density at radius 2 is 0.677 bits per heavy atom. The molecule has 0 fully saturated rings. The Balaban J connectivity index is 1.02. The minimum Gasteiger partial charge on any atom is -0.309 e. The van der Waals surface area contributed by atoms with Crippen LogP contribution in [0.15, 0.2) is 261 Å². The second-order valence-electron chi connectivity index (χ2n) is 17.5. The van der Waals surface area contributed by atoms with Crippen molar-refractivity contribution in [1.29, 1.82) is 0 Å². The highest BCUT2D eigenvalue weighted by Gasteiger charge is 2.56. The van der Waals surface area contributed by atoms with Crippen molar-refractivity contribution in [1.82, 2.24) is 0 Å². The minimum absolute atomic E-state index is 0.536. The number of anilines is 3. The number of nitrogens with zero attached hydrogens (tertiary/aromatic N) is 1. The van der Waals surface area contributed by atoms with Crippen LogP contribution in [0.1, 0.15) is 44.5 Å². The van der Waals surface area contributed by atoms with E-state index >= 15 is 0 Å². The van der Waals surface area contributed by atoms with Crippen LogP contribution in [0.4, 0.5) is 17.1 Å². The Bertz CT molecular complexity index is 3430. The van der Waals surface area contributed by atoms with Gasteiger partial charge in [0.05, 0.1) is 22.2 Å². The molecule has 0 aromatic heterocycles. The molecule has 0 unspecified atom stereocenters. The third-order valence-corrected chi connectivity index (χ3v) is 14.4. The minimum atomic E-state index is -0.554. The molecule has 0 saturated carbocycles. The molecule has 0 amide bonds. The van der Waals surface area contributed by atoms with Gasteiger partial charge in [-0.05, 0) is 108 Å². The summed E-state index contributed by atoms with van der Waals surface area (Å²) in [5.74, 6) is 0. The lowest BCUT2D eigenvalue weighted by Gasteiger charge is -2.50. The Morgan fingerprint density at radius 3 is 1.23 bits per heavy atom. The number of rotatable bonds is 6. The molecule has 304 valence electrons. The first-order valence-electron chi connectivity index (χ1n) is 22.7. The third kappa shape index (κ3) is 5.33. The van der Waals surface area contributed by atoms with Crippen LogP contribution < -0.4 is 4.90 Å². The summed E-state index contributed by atoms with van der Waals surface area (Å²) in [6.07, 6.45) is 0. The molecule has 1 spiro atoms. The van der Waals surface area contributed by atoms with E-state index < -0.39 is 10.8 Å². The zero-order valence-electron chi connectivity index (χ0n) is 35.8. The van der Waals surface area contributed by atoms with Gasteiger partial charge in [0.2, 0.25) is 0 Å². The highest BCUT2D eigenvalue weighted by molar-refractivity contribution is 6.05. The van der Waals surface area contributed by atoms with Crippen molar-refractivity contribution in [2.75, 3.05) is 4.90 Å². The quantitative estimate of drug-likeness (QED) is 0.161. The zero-order valence-corrected chi connectivity index (χ0v) is 35.8. The maximum absolute atomic E-state index is 2.50. The topological polar surface area (TPSA) is 3.24 Å². The molecule has 11 aromatic carbocycles. The Labute approximate surface area is 380 Å². The summed E-state index contributed by atoms with van der Waals surface area (Å²) in [5, 5.41) is 4.87. The second kappa shape index (κ2) is 14.7. The SMILES string of the molecule is c1ccc(C2(c3ccccc3)c3ccccc3C3(c4ccccc4-c4ccc(-c5ccc(N(c6cccc7ccccc67)c6cccc7ccccc67)cc5)cc43)c3ccccc32)cc1. The molecule has 2 aliphatic rings. The van der Waals surface area contributed by atoms with Crippen LogP contribution in [0.25, 0.3) is 43.8 Å². The van der Waals surface area contributed by atoms with Crippen molar-refractivity contribution >= 4 is 38.6 Å². The van der Waals surface area contributed by atoms with Crippen molar-refractivity contribution < 1.29 is 0 Å². The third-order valence-electron chi connectivity index (χ3n) is 14.4. The number of fused-ring (bicyclic) bond motifs is 11. The average molecular weight is 826 g/mol. The normalized spacial score (nSPS) is 13.8. The predicted octanol–water partition coefficient (Wildman–Crippen LogP) is 16.2. The van der Waals surface area contributed by atoms with E-state index in [1.54, 1.807) is 0 Å². The van der Waals surface area contributed by atoms with Crippen LogP contribution in [-0.4, -0.2) is 0 Å². The van der Waals surface area contributed by atoms with Gasteiger partial charge in [-0.1, -0.05) is 231 Å². The van der Waals surface area contributed by atoms with Crippen LogP contribution >= 0.6 is 0 Å². The van der Waals surface area contributed by atoms with Gasteiger partial charge in [-0.15, -0.1) is 0 Å². The molecule has 2 aliphatic carbocycles. The first-order valence-corrected chi connectivity index (χ1v) is 22.7. The summed E-state index contributed by atoms with van der Waals surface area (Å²) in [6, 6.07) is 97.1. The lowest BCUT2D eigenvalue weighted by molar-refractivity contribution is 0.624. The van der Waals surface area contributed by atoms with Gasteiger partial charge in [0.15, 0.2) is 0 Å². The van der Waals surface area contributed by atoms with E-state index in [1.165, 1.54) is 88.3 Å². The van der Waals surface area contributed by atoms with Crippen LogP contribution in [0.2, 0.25) is 0 Å². The van der Waals surface area contributed by atoms with Crippen LogP contribution in [0.3, 0.4) is 0 Å². The van der Waals surface area contributed by atoms with E-state index in [-0.39, 0.29) is 0 Å². The molecule has 1 heteroatoms. The summed E-state index contributed by atoms with van der Waals surface area (Å²) in [5.41, 5.74) is 17.8. The van der Waals surface area contributed by atoms with E-state index in [4.69, 9.17) is 0 Å². The van der Waals surface area contributed by atoms with Crippen molar-refractivity contribution in [3.63, 3.8) is 0 Å². The largest absolute Gasteiger partial charge is 0.309 e. The summed E-state index contributed by atoms with van der Waals surface area (Å²) in [4.78, 5) is 2.43. The maximum Gasteiger partial charge on any atom is 0.0720 e. The zero-order chi connectivity index (χ0) is 43.0. The van der Waals surface area contributed by atoms with Crippen LogP contribution in [0.5, 0.6) is 0 Å². The van der Waals surface area contributed by atoms with Gasteiger partial charge >= 0.3 is 0 Å². The molecular formula is C64H43N. The maximum atomic E-state index is 2.50. The summed E-state index contributed by atoms with van der Waals surface area (Å²) < 4.78 is 0. The van der Waals surface area contributed by atoms with Gasteiger partial charge in [0.1, 0.15) is 0 Å². The number of hydrogen-bond acceptors (Lipinski definition) is 1. The first kappa shape index (κ1) is 37.3. The van der Waals surface area contributed by atoms with Crippen molar-refractivity contribution in [3.05, 3.63) is 305 Å². The fourth-order valence-electron chi connectivity index (χ4n) is 11.8. The molecule has 13 rings (SSSR count).